The Bertz CT molecular complexity index is 680. The SMILES string of the molecule is CCCC(=O)OCCOCCOCCOCCOCCOCCOCCOCCOCCOCCOc1ccccc1. The Hall–Kier alpha value is -1.87. The third-order valence-corrected chi connectivity index (χ3v) is 5.16. The van der Waals surface area contributed by atoms with E-state index in [0.29, 0.717) is 132 Å². The lowest BCUT2D eigenvalue weighted by Crippen LogP contribution is -2.15. The van der Waals surface area contributed by atoms with Gasteiger partial charge in [-0.3, -0.25) is 4.79 Å². The number of esters is 1. The maximum Gasteiger partial charge on any atom is 0.305 e. The Balaban J connectivity index is 1.63. The van der Waals surface area contributed by atoms with E-state index >= 15 is 0 Å². The van der Waals surface area contributed by atoms with Crippen molar-refractivity contribution in [2.24, 2.45) is 0 Å². The molecule has 0 atom stereocenters. The Morgan fingerprint density at radius 3 is 1.10 bits per heavy atom. The lowest BCUT2D eigenvalue weighted by Gasteiger charge is -2.09. The normalized spacial score (nSPS) is 11.2. The van der Waals surface area contributed by atoms with E-state index in [2.05, 4.69) is 0 Å². The van der Waals surface area contributed by atoms with Crippen LogP contribution in [0.15, 0.2) is 30.3 Å². The number of carbonyl (C=O) groups excluding carboxylic acids is 1. The van der Waals surface area contributed by atoms with Gasteiger partial charge in [0.2, 0.25) is 0 Å². The number of benzene rings is 1. The molecule has 0 saturated heterocycles. The first kappa shape index (κ1) is 38.2. The molecule has 42 heavy (non-hydrogen) atoms. The van der Waals surface area contributed by atoms with Crippen molar-refractivity contribution >= 4 is 5.97 Å². The molecule has 0 radical (unpaired) electrons. The van der Waals surface area contributed by atoms with Crippen LogP contribution in [0.25, 0.3) is 0 Å². The van der Waals surface area contributed by atoms with Crippen LogP contribution in [0.5, 0.6) is 5.75 Å². The maximum atomic E-state index is 11.2. The number of rotatable bonds is 33. The van der Waals surface area contributed by atoms with E-state index < -0.39 is 0 Å². The molecule has 1 rings (SSSR count). The first-order valence-corrected chi connectivity index (χ1v) is 14.9. The van der Waals surface area contributed by atoms with E-state index in [1.807, 2.05) is 37.3 Å². The van der Waals surface area contributed by atoms with Gasteiger partial charge in [-0.2, -0.15) is 0 Å². The van der Waals surface area contributed by atoms with Crippen LogP contribution in [0.3, 0.4) is 0 Å². The smallest absolute Gasteiger partial charge is 0.305 e. The first-order valence-electron chi connectivity index (χ1n) is 14.9. The van der Waals surface area contributed by atoms with E-state index in [9.17, 15) is 4.79 Å². The maximum absolute atomic E-state index is 11.2. The minimum Gasteiger partial charge on any atom is -0.491 e. The molecule has 0 aliphatic carbocycles. The van der Waals surface area contributed by atoms with Gasteiger partial charge >= 0.3 is 5.97 Å². The van der Waals surface area contributed by atoms with Crippen molar-refractivity contribution in [3.63, 3.8) is 0 Å². The molecular weight excluding hydrogens is 552 g/mol. The molecule has 0 bridgehead atoms. The number of hydrogen-bond donors (Lipinski definition) is 0. The van der Waals surface area contributed by atoms with E-state index in [-0.39, 0.29) is 12.6 Å². The third kappa shape index (κ3) is 28.3. The monoisotopic (exact) mass is 604 g/mol. The number of para-hydroxylation sites is 1. The summed E-state index contributed by atoms with van der Waals surface area (Å²) in [6.07, 6.45) is 1.23. The minimum absolute atomic E-state index is 0.187. The summed E-state index contributed by atoms with van der Waals surface area (Å²) in [5.41, 5.74) is 0. The molecule has 0 N–H and O–H groups in total. The topological polar surface area (TPSA) is 119 Å². The van der Waals surface area contributed by atoms with E-state index in [1.165, 1.54) is 0 Å². The zero-order chi connectivity index (χ0) is 30.0. The molecule has 1 aromatic rings. The number of hydrogen-bond acceptors (Lipinski definition) is 12. The molecule has 0 spiro atoms. The van der Waals surface area contributed by atoms with E-state index in [1.54, 1.807) is 0 Å². The predicted octanol–water partition coefficient (Wildman–Crippen LogP) is 2.56. The number of carbonyl (C=O) groups is 1. The van der Waals surface area contributed by atoms with Gasteiger partial charge in [0.25, 0.3) is 0 Å². The van der Waals surface area contributed by atoms with Crippen LogP contribution in [-0.2, 0) is 52.2 Å². The van der Waals surface area contributed by atoms with Crippen LogP contribution in [0.1, 0.15) is 19.8 Å². The molecule has 0 aromatic heterocycles. The van der Waals surface area contributed by atoms with Crippen LogP contribution >= 0.6 is 0 Å². The van der Waals surface area contributed by atoms with Crippen molar-refractivity contribution in [2.45, 2.75) is 19.8 Å². The first-order chi connectivity index (χ1) is 20.8. The summed E-state index contributed by atoms with van der Waals surface area (Å²) in [6.45, 7) is 11.6. The largest absolute Gasteiger partial charge is 0.491 e. The average molecular weight is 605 g/mol. The lowest BCUT2D eigenvalue weighted by atomic mass is 10.3. The second-order valence-electron chi connectivity index (χ2n) is 8.64. The van der Waals surface area contributed by atoms with Crippen molar-refractivity contribution in [3.05, 3.63) is 30.3 Å². The third-order valence-electron chi connectivity index (χ3n) is 5.16. The zero-order valence-corrected chi connectivity index (χ0v) is 25.3. The Morgan fingerprint density at radius 1 is 0.452 bits per heavy atom. The summed E-state index contributed by atoms with van der Waals surface area (Å²) in [5.74, 6) is 0.655. The molecule has 244 valence electrons. The highest BCUT2D eigenvalue weighted by molar-refractivity contribution is 5.69. The van der Waals surface area contributed by atoms with Gasteiger partial charge in [-0.05, 0) is 18.6 Å². The minimum atomic E-state index is -0.187. The van der Waals surface area contributed by atoms with Gasteiger partial charge < -0.3 is 52.1 Å². The fourth-order valence-corrected chi connectivity index (χ4v) is 3.09. The molecule has 0 amide bonds. The van der Waals surface area contributed by atoms with Gasteiger partial charge in [-0.15, -0.1) is 0 Å². The van der Waals surface area contributed by atoms with Gasteiger partial charge in [-0.1, -0.05) is 25.1 Å². The van der Waals surface area contributed by atoms with Crippen molar-refractivity contribution in [1.29, 1.82) is 0 Å². The summed E-state index contributed by atoms with van der Waals surface area (Å²) in [6, 6.07) is 9.66. The molecule has 0 fully saturated rings. The van der Waals surface area contributed by atoms with E-state index in [4.69, 9.17) is 52.1 Å². The highest BCUT2D eigenvalue weighted by Gasteiger charge is 2.00. The summed E-state index contributed by atoms with van der Waals surface area (Å²) in [5, 5.41) is 0. The molecule has 1 aromatic carbocycles. The quantitative estimate of drug-likeness (QED) is 0.0867. The van der Waals surface area contributed by atoms with Gasteiger partial charge in [0, 0.05) is 6.42 Å². The van der Waals surface area contributed by atoms with E-state index in [0.717, 1.165) is 12.2 Å². The average Bonchev–Trinajstić information content (AvgIpc) is 3.00. The highest BCUT2D eigenvalue weighted by Crippen LogP contribution is 2.07. The van der Waals surface area contributed by atoms with Crippen molar-refractivity contribution in [1.82, 2.24) is 0 Å². The Morgan fingerprint density at radius 2 is 0.762 bits per heavy atom. The molecule has 0 aliphatic rings. The Kier molecular flexibility index (Phi) is 29.1. The zero-order valence-electron chi connectivity index (χ0n) is 25.3. The molecule has 0 aliphatic heterocycles. The molecule has 0 heterocycles. The highest BCUT2D eigenvalue weighted by atomic mass is 16.6. The second-order valence-corrected chi connectivity index (χ2v) is 8.64. The molecule has 0 unspecified atom stereocenters. The fraction of sp³-hybridized carbons (Fsp3) is 0.767. The summed E-state index contributed by atoms with van der Waals surface area (Å²) < 4.78 is 59.5. The molecule has 0 saturated carbocycles. The summed E-state index contributed by atoms with van der Waals surface area (Å²) in [7, 11) is 0. The predicted molar refractivity (Wildman–Crippen MR) is 155 cm³/mol. The van der Waals surface area contributed by atoms with Crippen LogP contribution in [-0.4, -0.2) is 138 Å². The summed E-state index contributed by atoms with van der Waals surface area (Å²) in [4.78, 5) is 11.2. The molecular formula is C30H52O12. The second kappa shape index (κ2) is 32.1. The van der Waals surface area contributed by atoms with Gasteiger partial charge in [0.05, 0.1) is 119 Å². The fourth-order valence-electron chi connectivity index (χ4n) is 3.09. The Labute approximate surface area is 251 Å². The van der Waals surface area contributed by atoms with Crippen LogP contribution in [0, 0.1) is 0 Å². The van der Waals surface area contributed by atoms with Crippen molar-refractivity contribution < 1.29 is 56.9 Å². The van der Waals surface area contributed by atoms with Crippen LogP contribution < -0.4 is 4.74 Å². The molecule has 12 nitrogen and oxygen atoms in total. The van der Waals surface area contributed by atoms with Gasteiger partial charge in [0.15, 0.2) is 0 Å². The standard InChI is InChI=1S/C30H52O12/c1-2-6-30(31)42-28-26-40-24-22-38-20-18-36-16-14-34-12-10-32-9-11-33-13-15-35-17-19-37-21-23-39-25-27-41-29-7-4-3-5-8-29/h3-5,7-8H,2,6,9-28H2,1H3. The van der Waals surface area contributed by atoms with Crippen LogP contribution in [0.4, 0.5) is 0 Å². The lowest BCUT2D eigenvalue weighted by molar-refractivity contribution is -0.145. The van der Waals surface area contributed by atoms with Gasteiger partial charge in [-0.25, -0.2) is 0 Å². The summed E-state index contributed by atoms with van der Waals surface area (Å²) >= 11 is 0. The van der Waals surface area contributed by atoms with Crippen molar-refractivity contribution in [2.75, 3.05) is 132 Å². The number of ether oxygens (including phenoxy) is 11. The van der Waals surface area contributed by atoms with Crippen molar-refractivity contribution in [3.8, 4) is 5.75 Å². The van der Waals surface area contributed by atoms with Gasteiger partial charge in [0.1, 0.15) is 19.0 Å². The van der Waals surface area contributed by atoms with Crippen LogP contribution in [0.2, 0.25) is 0 Å². The molecule has 12 heteroatoms.